The molecule has 0 aliphatic heterocycles. The first-order chi connectivity index (χ1) is 8.16. The van der Waals surface area contributed by atoms with Crippen LogP contribution in [-0.2, 0) is 0 Å². The van der Waals surface area contributed by atoms with Crippen LogP contribution in [0, 0.1) is 0 Å². The van der Waals surface area contributed by atoms with E-state index in [-0.39, 0.29) is 11.9 Å². The second-order valence-electron chi connectivity index (χ2n) is 3.89. The van der Waals surface area contributed by atoms with Gasteiger partial charge in [0.15, 0.2) is 0 Å². The van der Waals surface area contributed by atoms with E-state index in [0.29, 0.717) is 11.3 Å². The minimum absolute atomic E-state index is 0.197. The lowest BCUT2D eigenvalue weighted by atomic mass is 10.1. The van der Waals surface area contributed by atoms with Gasteiger partial charge in [0.25, 0.3) is 0 Å². The summed E-state index contributed by atoms with van der Waals surface area (Å²) in [5.41, 5.74) is 6.99. The fourth-order valence-electron chi connectivity index (χ4n) is 1.67. The Morgan fingerprint density at radius 2 is 1.82 bits per heavy atom. The van der Waals surface area contributed by atoms with Crippen molar-refractivity contribution in [3.63, 3.8) is 0 Å². The zero-order valence-electron chi connectivity index (χ0n) is 9.63. The van der Waals surface area contributed by atoms with Gasteiger partial charge in [-0.05, 0) is 37.3 Å². The van der Waals surface area contributed by atoms with Crippen LogP contribution in [0.3, 0.4) is 0 Å². The molecule has 0 bridgehead atoms. The Hall–Kier alpha value is -2.16. The van der Waals surface area contributed by atoms with E-state index < -0.39 is 0 Å². The number of phenolic OH excluding ortho intramolecular Hbond substituents is 1. The molecule has 2 rings (SSSR count). The normalized spacial score (nSPS) is 12.1. The van der Waals surface area contributed by atoms with Crippen molar-refractivity contribution in [1.82, 2.24) is 0 Å². The van der Waals surface area contributed by atoms with Gasteiger partial charge in [-0.2, -0.15) is 0 Å². The number of nitrogens with two attached hydrogens (primary N) is 1. The quantitative estimate of drug-likeness (QED) is 0.628. The molecule has 1 atom stereocenters. The van der Waals surface area contributed by atoms with Crippen molar-refractivity contribution in [2.24, 2.45) is 0 Å². The van der Waals surface area contributed by atoms with Crippen molar-refractivity contribution >= 4 is 5.69 Å². The first-order valence-corrected chi connectivity index (χ1v) is 5.47. The molecule has 0 spiro atoms. The Kier molecular flexibility index (Phi) is 3.19. The van der Waals surface area contributed by atoms with E-state index in [2.05, 4.69) is 0 Å². The molecule has 3 N–H and O–H groups in total. The van der Waals surface area contributed by atoms with Gasteiger partial charge in [-0.15, -0.1) is 0 Å². The summed E-state index contributed by atoms with van der Waals surface area (Å²) >= 11 is 0. The topological polar surface area (TPSA) is 55.5 Å². The van der Waals surface area contributed by atoms with Crippen molar-refractivity contribution < 1.29 is 9.84 Å². The highest BCUT2D eigenvalue weighted by molar-refractivity contribution is 5.48. The highest BCUT2D eigenvalue weighted by Crippen LogP contribution is 2.29. The summed E-state index contributed by atoms with van der Waals surface area (Å²) in [6.07, 6.45) is -0.249. The average molecular weight is 229 g/mol. The van der Waals surface area contributed by atoms with E-state index in [1.807, 2.05) is 37.3 Å². The molecule has 3 nitrogen and oxygen atoms in total. The van der Waals surface area contributed by atoms with E-state index in [1.165, 1.54) is 0 Å². The molecular weight excluding hydrogens is 214 g/mol. The van der Waals surface area contributed by atoms with Gasteiger partial charge in [-0.1, -0.05) is 18.2 Å². The van der Waals surface area contributed by atoms with Crippen LogP contribution >= 0.6 is 0 Å². The van der Waals surface area contributed by atoms with Crippen molar-refractivity contribution in [1.29, 1.82) is 0 Å². The lowest BCUT2D eigenvalue weighted by Gasteiger charge is -2.16. The smallest absolute Gasteiger partial charge is 0.125 e. The van der Waals surface area contributed by atoms with Crippen LogP contribution in [0.25, 0.3) is 0 Å². The molecular formula is C14H15NO2. The summed E-state index contributed by atoms with van der Waals surface area (Å²) in [4.78, 5) is 0. The number of hydrogen-bond donors (Lipinski definition) is 2. The number of benzene rings is 2. The number of ether oxygens (including phenoxy) is 1. The van der Waals surface area contributed by atoms with E-state index in [1.54, 1.807) is 18.2 Å². The minimum Gasteiger partial charge on any atom is -0.508 e. The summed E-state index contributed by atoms with van der Waals surface area (Å²) in [6.45, 7) is 1.88. The van der Waals surface area contributed by atoms with Crippen LogP contribution < -0.4 is 10.5 Å². The average Bonchev–Trinajstić information content (AvgIpc) is 2.33. The summed E-state index contributed by atoms with van der Waals surface area (Å²) in [5, 5.41) is 9.75. The molecule has 0 saturated carbocycles. The van der Waals surface area contributed by atoms with Crippen LogP contribution in [-0.4, -0.2) is 5.11 Å². The van der Waals surface area contributed by atoms with Crippen LogP contribution in [0.2, 0.25) is 0 Å². The van der Waals surface area contributed by atoms with Gasteiger partial charge in [-0.25, -0.2) is 0 Å². The molecule has 2 aromatic carbocycles. The second-order valence-corrected chi connectivity index (χ2v) is 3.89. The number of rotatable bonds is 3. The molecule has 0 aromatic heterocycles. The molecule has 0 radical (unpaired) electrons. The Morgan fingerprint density at radius 1 is 1.12 bits per heavy atom. The molecule has 0 aliphatic rings. The number of anilines is 1. The third-order valence-corrected chi connectivity index (χ3v) is 2.55. The second kappa shape index (κ2) is 4.78. The first kappa shape index (κ1) is 11.3. The maximum Gasteiger partial charge on any atom is 0.125 e. The number of phenols is 1. The Morgan fingerprint density at radius 3 is 2.53 bits per heavy atom. The van der Waals surface area contributed by atoms with Gasteiger partial charge >= 0.3 is 0 Å². The van der Waals surface area contributed by atoms with Gasteiger partial charge in [0, 0.05) is 11.3 Å². The molecule has 88 valence electrons. The monoisotopic (exact) mass is 229 g/mol. The van der Waals surface area contributed by atoms with Crippen molar-refractivity contribution in [2.45, 2.75) is 13.0 Å². The number of nitrogen functional groups attached to an aromatic ring is 1. The van der Waals surface area contributed by atoms with Crippen LogP contribution in [0.1, 0.15) is 18.6 Å². The first-order valence-electron chi connectivity index (χ1n) is 5.47. The van der Waals surface area contributed by atoms with Gasteiger partial charge in [0.2, 0.25) is 0 Å². The summed E-state index contributed by atoms with van der Waals surface area (Å²) in [6, 6.07) is 14.4. The molecule has 0 heterocycles. The lowest BCUT2D eigenvalue weighted by Crippen LogP contribution is -2.04. The molecule has 2 aromatic rings. The zero-order chi connectivity index (χ0) is 12.3. The van der Waals surface area contributed by atoms with Gasteiger partial charge in [-0.3, -0.25) is 0 Å². The van der Waals surface area contributed by atoms with Crippen LogP contribution in [0.15, 0.2) is 48.5 Å². The number of hydrogen-bond acceptors (Lipinski definition) is 3. The largest absolute Gasteiger partial charge is 0.508 e. The van der Waals surface area contributed by atoms with E-state index in [9.17, 15) is 5.11 Å². The minimum atomic E-state index is -0.249. The van der Waals surface area contributed by atoms with Gasteiger partial charge in [0.1, 0.15) is 17.6 Å². The maximum absolute atomic E-state index is 9.75. The maximum atomic E-state index is 9.75. The third-order valence-electron chi connectivity index (χ3n) is 2.55. The standard InChI is InChI=1S/C14H15NO2/c1-10(17-12-5-3-2-4-6-12)13-9-11(15)7-8-14(13)16/h2-10,16H,15H2,1H3. The third kappa shape index (κ3) is 2.69. The SMILES string of the molecule is CC(Oc1ccccc1)c1cc(N)ccc1O. The lowest BCUT2D eigenvalue weighted by molar-refractivity contribution is 0.222. The summed E-state index contributed by atoms with van der Waals surface area (Å²) in [5.74, 6) is 0.962. The fourth-order valence-corrected chi connectivity index (χ4v) is 1.67. The molecule has 0 saturated heterocycles. The van der Waals surface area contributed by atoms with E-state index in [0.717, 1.165) is 5.75 Å². The summed E-state index contributed by atoms with van der Waals surface area (Å²) < 4.78 is 5.72. The van der Waals surface area contributed by atoms with E-state index in [4.69, 9.17) is 10.5 Å². The molecule has 3 heteroatoms. The Labute approximate surface area is 100 Å². The molecule has 17 heavy (non-hydrogen) atoms. The van der Waals surface area contributed by atoms with Crippen molar-refractivity contribution in [2.75, 3.05) is 5.73 Å². The molecule has 1 unspecified atom stereocenters. The van der Waals surface area contributed by atoms with E-state index >= 15 is 0 Å². The Balaban J connectivity index is 2.20. The van der Waals surface area contributed by atoms with Crippen LogP contribution in [0.5, 0.6) is 11.5 Å². The van der Waals surface area contributed by atoms with Gasteiger partial charge < -0.3 is 15.6 Å². The van der Waals surface area contributed by atoms with Crippen molar-refractivity contribution in [3.8, 4) is 11.5 Å². The predicted octanol–water partition coefficient (Wildman–Crippen LogP) is 3.11. The molecule has 0 fully saturated rings. The number of aromatic hydroxyl groups is 1. The molecule has 0 amide bonds. The highest BCUT2D eigenvalue weighted by Gasteiger charge is 2.12. The predicted molar refractivity (Wildman–Crippen MR) is 68.0 cm³/mol. The molecule has 0 aliphatic carbocycles. The zero-order valence-corrected chi connectivity index (χ0v) is 9.63. The highest BCUT2D eigenvalue weighted by atomic mass is 16.5. The fraction of sp³-hybridized carbons (Fsp3) is 0.143. The Bertz CT molecular complexity index is 497. The van der Waals surface area contributed by atoms with Crippen molar-refractivity contribution in [3.05, 3.63) is 54.1 Å². The number of para-hydroxylation sites is 1. The van der Waals surface area contributed by atoms with Crippen LogP contribution in [0.4, 0.5) is 5.69 Å². The summed E-state index contributed by atoms with van der Waals surface area (Å²) in [7, 11) is 0. The van der Waals surface area contributed by atoms with Gasteiger partial charge in [0.05, 0.1) is 0 Å².